The van der Waals surface area contributed by atoms with Gasteiger partial charge < -0.3 is 16.0 Å². The van der Waals surface area contributed by atoms with Gasteiger partial charge in [-0.2, -0.15) is 0 Å². The molecule has 0 radical (unpaired) electrons. The molecule has 0 aliphatic carbocycles. The largest absolute Gasteiger partial charge is 0.339 e. The minimum Gasteiger partial charge on any atom is -0.339 e. The molecule has 6 nitrogen and oxygen atoms in total. The number of aromatic nitrogens is 4. The monoisotopic (exact) mass is 348 g/mol. The van der Waals surface area contributed by atoms with E-state index >= 15 is 0 Å². The Morgan fingerprint density at radius 2 is 1.81 bits per heavy atom. The highest BCUT2D eigenvalue weighted by Gasteiger charge is 2.19. The van der Waals surface area contributed by atoms with E-state index in [-0.39, 0.29) is 6.04 Å². The maximum Gasteiger partial charge on any atom is 0.166 e. The van der Waals surface area contributed by atoms with Crippen molar-refractivity contribution in [3.05, 3.63) is 65.1 Å². The van der Waals surface area contributed by atoms with Gasteiger partial charge in [-0.3, -0.25) is 4.40 Å². The number of aryl methyl sites for hydroxylation is 2. The molecule has 6 heteroatoms. The number of pyridine rings is 1. The predicted octanol–water partition coefficient (Wildman–Crippen LogP) is 2.70. The summed E-state index contributed by atoms with van der Waals surface area (Å²) in [6.07, 6.45) is 0.714. The van der Waals surface area contributed by atoms with Crippen LogP contribution in [0.3, 0.4) is 0 Å². The van der Waals surface area contributed by atoms with Crippen molar-refractivity contribution in [1.82, 2.24) is 19.2 Å². The third kappa shape index (κ3) is 2.67. The van der Waals surface area contributed by atoms with Crippen LogP contribution < -0.4 is 11.5 Å². The van der Waals surface area contributed by atoms with Crippen LogP contribution in [0.15, 0.2) is 42.5 Å². The minimum atomic E-state index is -0.157. The van der Waals surface area contributed by atoms with Crippen LogP contribution in [0.1, 0.15) is 35.1 Å². The number of nitrogens with two attached hydrogens (primary N) is 2. The van der Waals surface area contributed by atoms with E-state index in [1.54, 1.807) is 0 Å². The number of nitrogens with zero attached hydrogens (tertiary/aromatic N) is 4. The molecule has 3 heterocycles. The Balaban J connectivity index is 1.96. The molecule has 0 fully saturated rings. The fourth-order valence-corrected chi connectivity index (χ4v) is 3.64. The molecule has 0 saturated heterocycles. The smallest absolute Gasteiger partial charge is 0.166 e. The van der Waals surface area contributed by atoms with Gasteiger partial charge in [0, 0.05) is 23.8 Å². The van der Waals surface area contributed by atoms with Gasteiger partial charge in [0.15, 0.2) is 5.65 Å². The molecular formula is C20H24N6. The van der Waals surface area contributed by atoms with Gasteiger partial charge in [0.2, 0.25) is 0 Å². The topological polar surface area (TPSA) is 87.2 Å². The molecule has 0 saturated carbocycles. The Hall–Kier alpha value is -2.70. The Kier molecular flexibility index (Phi) is 4.22. The van der Waals surface area contributed by atoms with E-state index in [1.807, 2.05) is 13.0 Å². The first-order valence-corrected chi connectivity index (χ1v) is 8.94. The second-order valence-corrected chi connectivity index (χ2v) is 6.82. The predicted molar refractivity (Wildman–Crippen MR) is 104 cm³/mol. The Morgan fingerprint density at radius 3 is 2.54 bits per heavy atom. The molecule has 3 aromatic heterocycles. The summed E-state index contributed by atoms with van der Waals surface area (Å²) in [7, 11) is 0. The summed E-state index contributed by atoms with van der Waals surface area (Å²) in [6, 6.07) is 14.7. The van der Waals surface area contributed by atoms with Gasteiger partial charge in [0.1, 0.15) is 5.82 Å². The van der Waals surface area contributed by atoms with E-state index in [1.165, 1.54) is 11.3 Å². The van der Waals surface area contributed by atoms with E-state index < -0.39 is 0 Å². The third-order valence-electron chi connectivity index (χ3n) is 5.00. The van der Waals surface area contributed by atoms with Crippen LogP contribution in [0.25, 0.3) is 16.7 Å². The van der Waals surface area contributed by atoms with Crippen LogP contribution in [-0.4, -0.2) is 25.7 Å². The first-order chi connectivity index (χ1) is 12.6. The molecule has 4 aromatic rings. The molecule has 0 aliphatic rings. The lowest BCUT2D eigenvalue weighted by Gasteiger charge is -2.14. The second kappa shape index (κ2) is 6.55. The maximum absolute atomic E-state index is 6.41. The standard InChI is InChI=1S/C20H24N6/c1-13-10-19-18(25(13)12-15-6-4-3-5-7-15)11-16(17(22)8-9-21)20-24-23-14(2)26(19)20/h3-7,10-11,17H,8-9,12,21-22H2,1-2H3. The van der Waals surface area contributed by atoms with Crippen LogP contribution in [-0.2, 0) is 6.54 Å². The molecule has 1 unspecified atom stereocenters. The van der Waals surface area contributed by atoms with Gasteiger partial charge in [-0.25, -0.2) is 0 Å². The summed E-state index contributed by atoms with van der Waals surface area (Å²) in [5.74, 6) is 0.864. The van der Waals surface area contributed by atoms with E-state index in [9.17, 15) is 0 Å². The lowest BCUT2D eigenvalue weighted by atomic mass is 10.1. The summed E-state index contributed by atoms with van der Waals surface area (Å²) < 4.78 is 4.43. The molecular weight excluding hydrogens is 324 g/mol. The number of rotatable bonds is 5. The van der Waals surface area contributed by atoms with Gasteiger partial charge >= 0.3 is 0 Å². The zero-order valence-corrected chi connectivity index (χ0v) is 15.2. The van der Waals surface area contributed by atoms with Crippen molar-refractivity contribution in [2.75, 3.05) is 6.54 Å². The molecule has 0 bridgehead atoms. The molecule has 26 heavy (non-hydrogen) atoms. The molecule has 134 valence electrons. The van der Waals surface area contributed by atoms with Crippen LogP contribution in [0.5, 0.6) is 0 Å². The summed E-state index contributed by atoms with van der Waals surface area (Å²) >= 11 is 0. The van der Waals surface area contributed by atoms with Crippen LogP contribution >= 0.6 is 0 Å². The van der Waals surface area contributed by atoms with E-state index in [0.29, 0.717) is 13.0 Å². The van der Waals surface area contributed by atoms with E-state index in [2.05, 4.69) is 62.5 Å². The van der Waals surface area contributed by atoms with Crippen molar-refractivity contribution >= 4 is 16.7 Å². The van der Waals surface area contributed by atoms with Crippen molar-refractivity contribution in [3.8, 4) is 0 Å². The van der Waals surface area contributed by atoms with E-state index in [0.717, 1.165) is 34.6 Å². The minimum absolute atomic E-state index is 0.157. The summed E-state index contributed by atoms with van der Waals surface area (Å²) in [6.45, 7) is 5.46. The fraction of sp³-hybridized carbons (Fsp3) is 0.300. The summed E-state index contributed by atoms with van der Waals surface area (Å²) in [4.78, 5) is 0. The fourth-order valence-electron chi connectivity index (χ4n) is 3.64. The second-order valence-electron chi connectivity index (χ2n) is 6.82. The zero-order chi connectivity index (χ0) is 18.3. The maximum atomic E-state index is 6.41. The van der Waals surface area contributed by atoms with Crippen molar-refractivity contribution < 1.29 is 0 Å². The van der Waals surface area contributed by atoms with Gasteiger partial charge in [0.25, 0.3) is 0 Å². The highest BCUT2D eigenvalue weighted by molar-refractivity contribution is 5.83. The van der Waals surface area contributed by atoms with Gasteiger partial charge in [0.05, 0.1) is 11.0 Å². The number of hydrogen-bond donors (Lipinski definition) is 2. The molecule has 0 aliphatic heterocycles. The molecule has 1 aromatic carbocycles. The van der Waals surface area contributed by atoms with Crippen molar-refractivity contribution in [2.24, 2.45) is 11.5 Å². The van der Waals surface area contributed by atoms with Crippen LogP contribution in [0.2, 0.25) is 0 Å². The highest BCUT2D eigenvalue weighted by Crippen LogP contribution is 2.29. The Labute approximate surface area is 152 Å². The number of benzene rings is 1. The molecule has 4 rings (SSSR count). The number of hydrogen-bond acceptors (Lipinski definition) is 4. The average Bonchev–Trinajstić information content (AvgIpc) is 3.16. The van der Waals surface area contributed by atoms with Gasteiger partial charge in [-0.05, 0) is 44.5 Å². The number of fused-ring (bicyclic) bond motifs is 3. The van der Waals surface area contributed by atoms with Crippen molar-refractivity contribution in [2.45, 2.75) is 32.9 Å². The van der Waals surface area contributed by atoms with Crippen LogP contribution in [0.4, 0.5) is 0 Å². The average molecular weight is 348 g/mol. The Morgan fingerprint density at radius 1 is 1.04 bits per heavy atom. The lowest BCUT2D eigenvalue weighted by Crippen LogP contribution is -2.17. The molecule has 0 amide bonds. The summed E-state index contributed by atoms with van der Waals surface area (Å²) in [5.41, 5.74) is 18.7. The van der Waals surface area contributed by atoms with Crippen LogP contribution in [0, 0.1) is 13.8 Å². The van der Waals surface area contributed by atoms with Gasteiger partial charge in [-0.15, -0.1) is 10.2 Å². The lowest BCUT2D eigenvalue weighted by molar-refractivity contribution is 0.662. The highest BCUT2D eigenvalue weighted by atomic mass is 15.3. The quantitative estimate of drug-likeness (QED) is 0.580. The SMILES string of the molecule is Cc1cc2c(cc(C(N)CCN)c3nnc(C)n32)n1Cc1ccccc1. The first kappa shape index (κ1) is 16.8. The normalized spacial score (nSPS) is 12.9. The zero-order valence-electron chi connectivity index (χ0n) is 15.2. The molecule has 0 spiro atoms. The van der Waals surface area contributed by atoms with Gasteiger partial charge in [-0.1, -0.05) is 30.3 Å². The Bertz CT molecular complexity index is 1060. The molecule has 4 N–H and O–H groups in total. The summed E-state index contributed by atoms with van der Waals surface area (Å²) in [5, 5.41) is 8.67. The van der Waals surface area contributed by atoms with E-state index in [4.69, 9.17) is 11.5 Å². The third-order valence-corrected chi connectivity index (χ3v) is 5.00. The molecule has 1 atom stereocenters. The first-order valence-electron chi connectivity index (χ1n) is 8.94. The van der Waals surface area contributed by atoms with Crippen molar-refractivity contribution in [1.29, 1.82) is 0 Å². The van der Waals surface area contributed by atoms with Crippen molar-refractivity contribution in [3.63, 3.8) is 0 Å².